The number of nitrogens with zero attached hydrogens (tertiary/aromatic N) is 2. The van der Waals surface area contributed by atoms with Gasteiger partial charge in [0.05, 0.1) is 0 Å². The Hall–Kier alpha value is -0.858. The van der Waals surface area contributed by atoms with Gasteiger partial charge in [-0.25, -0.2) is 9.97 Å². The standard InChI is InChI=1S/2C5H5NO.2ClH.Pd/c2*7-5-3-1-2-4-6-5;;;/h2*1-4H,(H,6,7);2*1H;/q;;;;+2/p-2. The summed E-state index contributed by atoms with van der Waals surface area (Å²) < 4.78 is 0. The van der Waals surface area contributed by atoms with Crippen molar-refractivity contribution in [2.75, 3.05) is 0 Å². The molecule has 0 saturated carbocycles. The zero-order chi connectivity index (χ0) is 10.2. The zero-order valence-corrected chi connectivity index (χ0v) is 11.5. The molecule has 2 aromatic heterocycles. The van der Waals surface area contributed by atoms with Crippen molar-refractivity contribution in [3.63, 3.8) is 0 Å². The van der Waals surface area contributed by atoms with Crippen LogP contribution in [0.2, 0.25) is 0 Å². The molecule has 0 saturated heterocycles. The van der Waals surface area contributed by atoms with Gasteiger partial charge in [0.1, 0.15) is 0 Å². The summed E-state index contributed by atoms with van der Waals surface area (Å²) in [6.45, 7) is 0. The number of aromatic hydroxyl groups is 2. The average molecular weight is 368 g/mol. The van der Waals surface area contributed by atoms with Gasteiger partial charge in [-0.2, -0.15) is 0 Å². The van der Waals surface area contributed by atoms with E-state index in [9.17, 15) is 0 Å². The van der Waals surface area contributed by atoms with Crippen LogP contribution in [0.5, 0.6) is 11.8 Å². The van der Waals surface area contributed by atoms with E-state index < -0.39 is 0 Å². The smallest absolute Gasteiger partial charge is 1.00 e. The first-order valence-electron chi connectivity index (χ1n) is 3.99. The summed E-state index contributed by atoms with van der Waals surface area (Å²) >= 11 is 0. The maximum atomic E-state index is 8.52. The van der Waals surface area contributed by atoms with Crippen LogP contribution in [-0.2, 0) is 20.4 Å². The summed E-state index contributed by atoms with van der Waals surface area (Å²) in [5, 5.41) is 17.0. The van der Waals surface area contributed by atoms with Crippen LogP contribution in [0.3, 0.4) is 0 Å². The van der Waals surface area contributed by atoms with Crippen LogP contribution in [0.15, 0.2) is 48.8 Å². The molecule has 4 nitrogen and oxygen atoms in total. The van der Waals surface area contributed by atoms with Crippen LogP contribution in [-0.4, -0.2) is 20.2 Å². The molecule has 0 unspecified atom stereocenters. The third-order valence-corrected chi connectivity index (χ3v) is 1.30. The van der Waals surface area contributed by atoms with E-state index in [1.54, 1.807) is 24.3 Å². The first kappa shape index (κ1) is 21.4. The van der Waals surface area contributed by atoms with Crippen LogP contribution in [0.4, 0.5) is 0 Å². The number of hydrogen-bond donors (Lipinski definition) is 2. The zero-order valence-electron chi connectivity index (χ0n) is 8.48. The molecule has 0 spiro atoms. The first-order valence-corrected chi connectivity index (χ1v) is 3.99. The summed E-state index contributed by atoms with van der Waals surface area (Å²) in [7, 11) is 0. The van der Waals surface area contributed by atoms with E-state index in [2.05, 4.69) is 9.97 Å². The minimum atomic E-state index is 0. The molecule has 0 aliphatic heterocycles. The molecule has 0 bridgehead atoms. The number of rotatable bonds is 0. The number of hydrogen-bond acceptors (Lipinski definition) is 4. The van der Waals surface area contributed by atoms with Crippen molar-refractivity contribution in [2.24, 2.45) is 0 Å². The molecule has 7 heteroatoms. The topological polar surface area (TPSA) is 66.2 Å². The van der Waals surface area contributed by atoms with Crippen LogP contribution >= 0.6 is 0 Å². The van der Waals surface area contributed by atoms with Crippen molar-refractivity contribution in [3.8, 4) is 11.8 Å². The van der Waals surface area contributed by atoms with Gasteiger partial charge < -0.3 is 35.0 Å². The maximum Gasteiger partial charge on any atom is 2.00 e. The fourth-order valence-corrected chi connectivity index (χ4v) is 0.707. The fraction of sp³-hybridized carbons (Fsp3) is 0. The summed E-state index contributed by atoms with van der Waals surface area (Å²) in [4.78, 5) is 7.07. The predicted octanol–water partition coefficient (Wildman–Crippen LogP) is -4.42. The molecule has 96 valence electrons. The molecule has 0 atom stereocenters. The van der Waals surface area contributed by atoms with Crippen molar-refractivity contribution < 1.29 is 55.4 Å². The monoisotopic (exact) mass is 366 g/mol. The molecule has 2 N–H and O–H groups in total. The Morgan fingerprint density at radius 3 is 1.18 bits per heavy atom. The van der Waals surface area contributed by atoms with E-state index >= 15 is 0 Å². The van der Waals surface area contributed by atoms with Gasteiger partial charge in [-0.1, -0.05) is 12.1 Å². The quantitative estimate of drug-likeness (QED) is 0.462. The van der Waals surface area contributed by atoms with Gasteiger partial charge in [0, 0.05) is 24.5 Å². The van der Waals surface area contributed by atoms with E-state index in [0.29, 0.717) is 0 Å². The summed E-state index contributed by atoms with van der Waals surface area (Å²) in [5.41, 5.74) is 0. The Bertz CT molecular complexity index is 328. The number of pyridine rings is 2. The first-order chi connectivity index (χ1) is 6.79. The van der Waals surface area contributed by atoms with E-state index in [1.165, 1.54) is 24.5 Å². The van der Waals surface area contributed by atoms with E-state index in [-0.39, 0.29) is 57.0 Å². The minimum Gasteiger partial charge on any atom is -1.00 e. The molecule has 0 aliphatic carbocycles. The van der Waals surface area contributed by atoms with Crippen molar-refractivity contribution in [2.45, 2.75) is 0 Å². The summed E-state index contributed by atoms with van der Waals surface area (Å²) in [6.07, 6.45) is 3.07. The van der Waals surface area contributed by atoms with Gasteiger partial charge in [-0.15, -0.1) is 0 Å². The van der Waals surface area contributed by atoms with Crippen LogP contribution in [0.1, 0.15) is 0 Å². The molecular weight excluding hydrogens is 357 g/mol. The van der Waals surface area contributed by atoms with Crippen molar-refractivity contribution in [3.05, 3.63) is 48.8 Å². The second-order valence-corrected chi connectivity index (χ2v) is 2.38. The molecule has 2 heterocycles. The Labute approximate surface area is 126 Å². The molecule has 0 radical (unpaired) electrons. The van der Waals surface area contributed by atoms with Gasteiger partial charge in [-0.05, 0) is 12.1 Å². The third-order valence-electron chi connectivity index (χ3n) is 1.30. The summed E-state index contributed by atoms with van der Waals surface area (Å²) in [5.74, 6) is 0.144. The largest absolute Gasteiger partial charge is 2.00 e. The molecule has 2 aromatic rings. The third kappa shape index (κ3) is 11.4. The van der Waals surface area contributed by atoms with Gasteiger partial charge in [0.2, 0.25) is 11.8 Å². The van der Waals surface area contributed by atoms with Crippen LogP contribution in [0.25, 0.3) is 0 Å². The molecule has 0 fully saturated rings. The summed E-state index contributed by atoms with van der Waals surface area (Å²) in [6, 6.07) is 10.0. The molecular formula is C10H10Cl2N2O2Pd. The maximum absolute atomic E-state index is 8.52. The van der Waals surface area contributed by atoms with E-state index in [1.807, 2.05) is 0 Å². The van der Waals surface area contributed by atoms with Crippen molar-refractivity contribution in [1.29, 1.82) is 0 Å². The average Bonchev–Trinajstić information content (AvgIpc) is 2.21. The Kier molecular flexibility index (Phi) is 16.6. The fourth-order valence-electron chi connectivity index (χ4n) is 0.707. The Balaban J connectivity index is -0.000000196. The molecule has 0 aliphatic rings. The minimum absolute atomic E-state index is 0. The van der Waals surface area contributed by atoms with Gasteiger partial charge in [-0.3, -0.25) is 0 Å². The van der Waals surface area contributed by atoms with Crippen LogP contribution < -0.4 is 24.8 Å². The van der Waals surface area contributed by atoms with E-state index in [4.69, 9.17) is 10.2 Å². The SMILES string of the molecule is Oc1ccccn1.Oc1ccccn1.[Cl-].[Cl-].[Pd+2]. The second-order valence-electron chi connectivity index (χ2n) is 2.38. The normalized spacial score (nSPS) is 7.06. The Morgan fingerprint density at radius 1 is 0.706 bits per heavy atom. The Morgan fingerprint density at radius 2 is 1.06 bits per heavy atom. The van der Waals surface area contributed by atoms with Gasteiger partial charge in [0.15, 0.2) is 0 Å². The molecule has 0 aromatic carbocycles. The molecule has 0 amide bonds. The van der Waals surface area contributed by atoms with Gasteiger partial charge in [0.25, 0.3) is 0 Å². The molecule has 2 rings (SSSR count). The van der Waals surface area contributed by atoms with Crippen molar-refractivity contribution in [1.82, 2.24) is 9.97 Å². The molecule has 17 heavy (non-hydrogen) atoms. The number of halogens is 2. The van der Waals surface area contributed by atoms with Gasteiger partial charge >= 0.3 is 20.4 Å². The predicted molar refractivity (Wildman–Crippen MR) is 51.8 cm³/mol. The van der Waals surface area contributed by atoms with Crippen LogP contribution in [0, 0.1) is 0 Å². The van der Waals surface area contributed by atoms with Crippen molar-refractivity contribution >= 4 is 0 Å². The second kappa shape index (κ2) is 13.2. The van der Waals surface area contributed by atoms with E-state index in [0.717, 1.165) is 0 Å². The number of aromatic nitrogens is 2.